The van der Waals surface area contributed by atoms with Crippen LogP contribution in [0.1, 0.15) is 44.0 Å². The molecule has 1 atom stereocenters. The van der Waals surface area contributed by atoms with Gasteiger partial charge in [-0.3, -0.25) is 4.90 Å². The minimum absolute atomic E-state index is 0.163. The lowest BCUT2D eigenvalue weighted by Gasteiger charge is -2.38. The number of likely N-dealkylation sites (tertiary alicyclic amines) is 1. The summed E-state index contributed by atoms with van der Waals surface area (Å²) in [6.07, 6.45) is 3.09. The van der Waals surface area contributed by atoms with Crippen LogP contribution in [0.3, 0.4) is 0 Å². The Balaban J connectivity index is 1.76. The van der Waals surface area contributed by atoms with Gasteiger partial charge in [0, 0.05) is 24.7 Å². The Kier molecular flexibility index (Phi) is 4.64. The van der Waals surface area contributed by atoms with Crippen molar-refractivity contribution in [2.75, 3.05) is 13.1 Å². The summed E-state index contributed by atoms with van der Waals surface area (Å²) in [6, 6.07) is 4.34. The summed E-state index contributed by atoms with van der Waals surface area (Å²) in [5, 5.41) is 19.1. The third-order valence-corrected chi connectivity index (χ3v) is 4.49. The molecular weight excluding hydrogens is 314 g/mol. The number of aliphatic hydroxyl groups is 1. The van der Waals surface area contributed by atoms with Crippen LogP contribution in [-0.2, 0) is 12.1 Å². The van der Waals surface area contributed by atoms with Crippen LogP contribution in [0.2, 0.25) is 0 Å². The molecule has 0 aliphatic carbocycles. The van der Waals surface area contributed by atoms with Crippen molar-refractivity contribution in [3.63, 3.8) is 0 Å². The fourth-order valence-corrected chi connectivity index (χ4v) is 3.12. The molecule has 1 aromatic carbocycles. The second kappa shape index (κ2) is 6.57. The normalized spacial score (nSPS) is 22.2. The molecule has 24 heavy (non-hydrogen) atoms. The number of hydrogen-bond donors (Lipinski definition) is 1. The zero-order valence-corrected chi connectivity index (χ0v) is 13.9. The topological polar surface area (TPSA) is 54.2 Å². The minimum atomic E-state index is -1.12. The standard InChI is InChI=1S/C17H22F2N4O/c1-12(2)23-10-15(20-21-23)17(24)7-4-8-22(11-17)9-13-5-3-6-14(18)16(13)19/h3,5-6,10,12,24H,4,7-9,11H2,1-2H3/t17-/m1/s1. The molecule has 3 rings (SSSR count). The van der Waals surface area contributed by atoms with Gasteiger partial charge in [-0.25, -0.2) is 13.5 Å². The molecule has 0 spiro atoms. The van der Waals surface area contributed by atoms with E-state index in [4.69, 9.17) is 0 Å². The smallest absolute Gasteiger partial charge is 0.163 e. The zero-order chi connectivity index (χ0) is 17.3. The summed E-state index contributed by atoms with van der Waals surface area (Å²) in [5.41, 5.74) is -0.291. The molecule has 130 valence electrons. The molecule has 1 aliphatic heterocycles. The van der Waals surface area contributed by atoms with Gasteiger partial charge in [-0.2, -0.15) is 0 Å². The van der Waals surface area contributed by atoms with E-state index >= 15 is 0 Å². The highest BCUT2D eigenvalue weighted by molar-refractivity contribution is 5.19. The van der Waals surface area contributed by atoms with Crippen LogP contribution in [0.4, 0.5) is 8.78 Å². The van der Waals surface area contributed by atoms with Gasteiger partial charge in [-0.15, -0.1) is 5.10 Å². The molecule has 2 aromatic rings. The molecule has 2 heterocycles. The lowest BCUT2D eigenvalue weighted by molar-refractivity contribution is -0.0417. The number of aromatic nitrogens is 3. The van der Waals surface area contributed by atoms with Crippen LogP contribution >= 0.6 is 0 Å². The molecule has 5 nitrogen and oxygen atoms in total. The second-order valence-corrected chi connectivity index (χ2v) is 6.74. The first-order valence-electron chi connectivity index (χ1n) is 8.19. The fraction of sp³-hybridized carbons (Fsp3) is 0.529. The molecule has 0 unspecified atom stereocenters. The third kappa shape index (κ3) is 3.32. The highest BCUT2D eigenvalue weighted by Crippen LogP contribution is 2.31. The van der Waals surface area contributed by atoms with Gasteiger partial charge in [0.05, 0.1) is 6.20 Å². The van der Waals surface area contributed by atoms with Gasteiger partial charge in [0.15, 0.2) is 11.6 Å². The van der Waals surface area contributed by atoms with Crippen molar-refractivity contribution in [1.82, 2.24) is 19.9 Å². The molecule has 0 radical (unpaired) electrons. The average molecular weight is 336 g/mol. The highest BCUT2D eigenvalue weighted by Gasteiger charge is 2.37. The Morgan fingerprint density at radius 1 is 1.33 bits per heavy atom. The molecule has 1 saturated heterocycles. The third-order valence-electron chi connectivity index (χ3n) is 4.49. The van der Waals surface area contributed by atoms with Gasteiger partial charge in [-0.05, 0) is 39.3 Å². The van der Waals surface area contributed by atoms with Crippen molar-refractivity contribution in [1.29, 1.82) is 0 Å². The van der Waals surface area contributed by atoms with Crippen molar-refractivity contribution in [3.8, 4) is 0 Å². The lowest BCUT2D eigenvalue weighted by Crippen LogP contribution is -2.46. The molecule has 0 bridgehead atoms. The van der Waals surface area contributed by atoms with Crippen molar-refractivity contribution < 1.29 is 13.9 Å². The molecule has 0 saturated carbocycles. The van der Waals surface area contributed by atoms with E-state index in [0.29, 0.717) is 24.2 Å². The number of halogens is 2. The van der Waals surface area contributed by atoms with Crippen molar-refractivity contribution >= 4 is 0 Å². The van der Waals surface area contributed by atoms with E-state index in [-0.39, 0.29) is 12.6 Å². The number of β-amino-alcohol motifs (C(OH)–C–C–N with tert-alkyl or cyclic N) is 1. The van der Waals surface area contributed by atoms with Crippen LogP contribution in [0, 0.1) is 11.6 Å². The summed E-state index contributed by atoms with van der Waals surface area (Å²) >= 11 is 0. The van der Waals surface area contributed by atoms with Gasteiger partial charge >= 0.3 is 0 Å². The monoisotopic (exact) mass is 336 g/mol. The molecular formula is C17H22F2N4O. The Hall–Kier alpha value is -1.86. The van der Waals surface area contributed by atoms with E-state index < -0.39 is 17.2 Å². The number of benzene rings is 1. The van der Waals surface area contributed by atoms with E-state index in [1.54, 1.807) is 16.9 Å². The minimum Gasteiger partial charge on any atom is -0.382 e. The predicted molar refractivity (Wildman–Crippen MR) is 85.2 cm³/mol. The molecule has 1 aromatic heterocycles. The van der Waals surface area contributed by atoms with Crippen molar-refractivity contribution in [3.05, 3.63) is 47.3 Å². The predicted octanol–water partition coefficient (Wildman–Crippen LogP) is 2.62. The summed E-state index contributed by atoms with van der Waals surface area (Å²) in [4.78, 5) is 1.93. The van der Waals surface area contributed by atoms with Gasteiger partial charge in [0.1, 0.15) is 11.3 Å². The Morgan fingerprint density at radius 2 is 2.12 bits per heavy atom. The average Bonchev–Trinajstić information content (AvgIpc) is 3.03. The Bertz CT molecular complexity index is 718. The first-order valence-corrected chi connectivity index (χ1v) is 8.19. The van der Waals surface area contributed by atoms with Crippen LogP contribution in [0.25, 0.3) is 0 Å². The van der Waals surface area contributed by atoms with E-state index in [2.05, 4.69) is 10.3 Å². The van der Waals surface area contributed by atoms with Crippen LogP contribution in [0.5, 0.6) is 0 Å². The Labute approximate surface area is 139 Å². The number of hydrogen-bond acceptors (Lipinski definition) is 4. The molecule has 7 heteroatoms. The largest absolute Gasteiger partial charge is 0.382 e. The van der Waals surface area contributed by atoms with Gasteiger partial charge in [0.25, 0.3) is 0 Å². The van der Waals surface area contributed by atoms with Crippen LogP contribution in [0.15, 0.2) is 24.4 Å². The molecule has 1 N–H and O–H groups in total. The summed E-state index contributed by atoms with van der Waals surface area (Å²) in [6.45, 7) is 5.27. The maximum Gasteiger partial charge on any atom is 0.163 e. The van der Waals surface area contributed by atoms with Gasteiger partial charge in [-0.1, -0.05) is 17.3 Å². The van der Waals surface area contributed by atoms with Gasteiger partial charge < -0.3 is 5.11 Å². The SMILES string of the molecule is CC(C)n1cc([C@@]2(O)CCCN(Cc3cccc(F)c3F)C2)nn1. The van der Waals surface area contributed by atoms with Crippen LogP contribution < -0.4 is 0 Å². The summed E-state index contributed by atoms with van der Waals surface area (Å²) in [7, 11) is 0. The van der Waals surface area contributed by atoms with Crippen LogP contribution in [-0.4, -0.2) is 38.1 Å². The second-order valence-electron chi connectivity index (χ2n) is 6.74. The number of rotatable bonds is 4. The maximum absolute atomic E-state index is 13.9. The molecule has 0 amide bonds. The summed E-state index contributed by atoms with van der Waals surface area (Å²) < 4.78 is 28.9. The van der Waals surface area contributed by atoms with E-state index in [0.717, 1.165) is 19.0 Å². The van der Waals surface area contributed by atoms with Crippen molar-refractivity contribution in [2.24, 2.45) is 0 Å². The van der Waals surface area contributed by atoms with Gasteiger partial charge in [0.2, 0.25) is 0 Å². The first kappa shape index (κ1) is 17.0. The highest BCUT2D eigenvalue weighted by atomic mass is 19.2. The fourth-order valence-electron chi connectivity index (χ4n) is 3.12. The lowest BCUT2D eigenvalue weighted by atomic mass is 9.89. The molecule has 1 fully saturated rings. The number of nitrogens with zero attached hydrogens (tertiary/aromatic N) is 4. The maximum atomic E-state index is 13.9. The number of piperidine rings is 1. The van der Waals surface area contributed by atoms with Crippen molar-refractivity contribution in [2.45, 2.75) is 44.9 Å². The molecule has 1 aliphatic rings. The quantitative estimate of drug-likeness (QED) is 0.932. The Morgan fingerprint density at radius 3 is 2.83 bits per heavy atom. The van der Waals surface area contributed by atoms with E-state index in [1.807, 2.05) is 18.7 Å². The zero-order valence-electron chi connectivity index (χ0n) is 13.9. The first-order chi connectivity index (χ1) is 11.4. The van der Waals surface area contributed by atoms with E-state index in [9.17, 15) is 13.9 Å². The van der Waals surface area contributed by atoms with E-state index in [1.165, 1.54) is 6.07 Å². The summed E-state index contributed by atoms with van der Waals surface area (Å²) in [5.74, 6) is -1.67.